The Morgan fingerprint density at radius 2 is 2.05 bits per heavy atom. The summed E-state index contributed by atoms with van der Waals surface area (Å²) in [5.74, 6) is 1.29. The maximum Gasteiger partial charge on any atom is 0.220 e. The minimum absolute atomic E-state index is 0.0103. The van der Waals surface area contributed by atoms with Gasteiger partial charge in [-0.25, -0.2) is 0 Å². The van der Waals surface area contributed by atoms with Crippen molar-refractivity contribution in [2.24, 2.45) is 5.92 Å². The normalized spacial score (nSPS) is 12.2. The monoisotopic (exact) mass is 293 g/mol. The molecule has 1 unspecified atom stereocenters. The van der Waals surface area contributed by atoms with Gasteiger partial charge in [0.1, 0.15) is 5.75 Å². The summed E-state index contributed by atoms with van der Waals surface area (Å²) in [4.78, 5) is 11.8. The van der Waals surface area contributed by atoms with Gasteiger partial charge in [0.25, 0.3) is 0 Å². The second kappa shape index (κ2) is 9.40. The van der Waals surface area contributed by atoms with Crippen LogP contribution in [0.15, 0.2) is 24.3 Å². The van der Waals surface area contributed by atoms with E-state index in [1.165, 1.54) is 0 Å². The van der Waals surface area contributed by atoms with Crippen molar-refractivity contribution in [1.29, 1.82) is 0 Å². The fourth-order valence-electron chi connectivity index (χ4n) is 2.18. The first-order valence-electron chi connectivity index (χ1n) is 7.61. The molecule has 0 saturated carbocycles. The highest BCUT2D eigenvalue weighted by atomic mass is 16.5. The topological polar surface area (TPSA) is 58.6 Å². The molecule has 0 aliphatic heterocycles. The molecule has 0 saturated heterocycles. The molecule has 0 fully saturated rings. The first-order chi connectivity index (χ1) is 10.0. The van der Waals surface area contributed by atoms with Gasteiger partial charge in [-0.05, 0) is 37.3 Å². The molecule has 2 N–H and O–H groups in total. The zero-order valence-corrected chi connectivity index (χ0v) is 13.3. The zero-order valence-electron chi connectivity index (χ0n) is 13.3. The number of hydrogen-bond acceptors (Lipinski definition) is 3. The molecule has 1 atom stereocenters. The summed E-state index contributed by atoms with van der Waals surface area (Å²) < 4.78 is 5.65. The van der Waals surface area contributed by atoms with Gasteiger partial charge in [-0.3, -0.25) is 4.79 Å². The highest BCUT2D eigenvalue weighted by Gasteiger charge is 2.12. The summed E-state index contributed by atoms with van der Waals surface area (Å²) in [5, 5.41) is 12.1. The standard InChI is InChI=1S/C17H27NO3/c1-13(2)11-15(12-19)18-17(20)9-6-10-21-16-8-5-4-7-14(16)3/h4-5,7-8,13,15,19H,6,9-12H2,1-3H3,(H,18,20). The lowest BCUT2D eigenvalue weighted by Gasteiger charge is -2.18. The third-order valence-corrected chi connectivity index (χ3v) is 3.24. The molecule has 0 aliphatic carbocycles. The second-order valence-electron chi connectivity index (χ2n) is 5.79. The van der Waals surface area contributed by atoms with E-state index >= 15 is 0 Å². The van der Waals surface area contributed by atoms with Crippen LogP contribution in [-0.2, 0) is 4.79 Å². The molecule has 0 radical (unpaired) electrons. The lowest BCUT2D eigenvalue weighted by molar-refractivity contribution is -0.122. The summed E-state index contributed by atoms with van der Waals surface area (Å²) in [5.41, 5.74) is 1.10. The molecule has 0 heterocycles. The fraction of sp³-hybridized carbons (Fsp3) is 0.588. The molecule has 1 rings (SSSR count). The predicted molar refractivity (Wildman–Crippen MR) is 84.4 cm³/mol. The summed E-state index contributed by atoms with van der Waals surface area (Å²) in [6, 6.07) is 7.70. The number of benzene rings is 1. The number of nitrogens with one attached hydrogen (secondary N) is 1. The molecule has 0 aliphatic rings. The van der Waals surface area contributed by atoms with Gasteiger partial charge in [-0.1, -0.05) is 32.0 Å². The molecule has 4 nitrogen and oxygen atoms in total. The molecule has 0 spiro atoms. The first-order valence-corrected chi connectivity index (χ1v) is 7.61. The zero-order chi connectivity index (χ0) is 15.7. The van der Waals surface area contributed by atoms with Crippen LogP contribution < -0.4 is 10.1 Å². The fourth-order valence-corrected chi connectivity index (χ4v) is 2.18. The van der Waals surface area contributed by atoms with Gasteiger partial charge in [0.05, 0.1) is 19.3 Å². The quantitative estimate of drug-likeness (QED) is 0.688. The number of carbonyl (C=O) groups excluding carboxylic acids is 1. The van der Waals surface area contributed by atoms with Gasteiger partial charge in [0.15, 0.2) is 0 Å². The van der Waals surface area contributed by atoms with Crippen LogP contribution >= 0.6 is 0 Å². The van der Waals surface area contributed by atoms with E-state index < -0.39 is 0 Å². The predicted octanol–water partition coefficient (Wildman–Crippen LogP) is 2.68. The molecular formula is C17H27NO3. The van der Waals surface area contributed by atoms with Gasteiger partial charge in [-0.2, -0.15) is 0 Å². The van der Waals surface area contributed by atoms with Crippen molar-refractivity contribution in [3.8, 4) is 5.75 Å². The highest BCUT2D eigenvalue weighted by molar-refractivity contribution is 5.76. The van der Waals surface area contributed by atoms with Crippen LogP contribution in [0.4, 0.5) is 0 Å². The van der Waals surface area contributed by atoms with Crippen molar-refractivity contribution in [1.82, 2.24) is 5.32 Å². The highest BCUT2D eigenvalue weighted by Crippen LogP contribution is 2.16. The van der Waals surface area contributed by atoms with E-state index in [2.05, 4.69) is 19.2 Å². The Morgan fingerprint density at radius 3 is 2.67 bits per heavy atom. The summed E-state index contributed by atoms with van der Waals surface area (Å²) in [6.07, 6.45) is 1.88. The summed E-state index contributed by atoms with van der Waals surface area (Å²) in [7, 11) is 0. The smallest absolute Gasteiger partial charge is 0.220 e. The van der Waals surface area contributed by atoms with Crippen LogP contribution in [0.5, 0.6) is 5.75 Å². The molecule has 21 heavy (non-hydrogen) atoms. The summed E-state index contributed by atoms with van der Waals surface area (Å²) in [6.45, 7) is 6.66. The Labute approximate surface area is 127 Å². The van der Waals surface area contributed by atoms with Crippen molar-refractivity contribution < 1.29 is 14.6 Å². The first kappa shape index (κ1) is 17.5. The van der Waals surface area contributed by atoms with Gasteiger partial charge >= 0.3 is 0 Å². The van der Waals surface area contributed by atoms with Crippen molar-refractivity contribution in [3.63, 3.8) is 0 Å². The molecule has 1 aromatic rings. The van der Waals surface area contributed by atoms with E-state index in [9.17, 15) is 9.90 Å². The number of rotatable bonds is 9. The Balaban J connectivity index is 2.23. The van der Waals surface area contributed by atoms with Crippen molar-refractivity contribution in [3.05, 3.63) is 29.8 Å². The largest absolute Gasteiger partial charge is 0.493 e. The summed E-state index contributed by atoms with van der Waals surface area (Å²) >= 11 is 0. The van der Waals surface area contributed by atoms with E-state index in [0.717, 1.165) is 17.7 Å². The van der Waals surface area contributed by atoms with Gasteiger partial charge in [0.2, 0.25) is 5.91 Å². The number of carbonyl (C=O) groups is 1. The molecule has 1 amide bonds. The van der Waals surface area contributed by atoms with E-state index in [0.29, 0.717) is 25.4 Å². The SMILES string of the molecule is Cc1ccccc1OCCCC(=O)NC(CO)CC(C)C. The van der Waals surface area contributed by atoms with Crippen LogP contribution in [0.2, 0.25) is 0 Å². The molecule has 118 valence electrons. The van der Waals surface area contributed by atoms with Crippen LogP contribution in [0.1, 0.15) is 38.7 Å². The average Bonchev–Trinajstić information content (AvgIpc) is 2.44. The van der Waals surface area contributed by atoms with Crippen LogP contribution in [0.25, 0.3) is 0 Å². The lowest BCUT2D eigenvalue weighted by atomic mass is 10.0. The van der Waals surface area contributed by atoms with Crippen molar-refractivity contribution in [2.45, 2.75) is 46.1 Å². The lowest BCUT2D eigenvalue weighted by Crippen LogP contribution is -2.38. The number of para-hydroxylation sites is 1. The molecular weight excluding hydrogens is 266 g/mol. The number of amides is 1. The third-order valence-electron chi connectivity index (χ3n) is 3.24. The van der Waals surface area contributed by atoms with E-state index in [1.807, 2.05) is 31.2 Å². The number of aliphatic hydroxyl groups is 1. The Kier molecular flexibility index (Phi) is 7.83. The van der Waals surface area contributed by atoms with Crippen LogP contribution in [-0.4, -0.2) is 30.3 Å². The second-order valence-corrected chi connectivity index (χ2v) is 5.79. The molecule has 4 heteroatoms. The van der Waals surface area contributed by atoms with Crippen LogP contribution in [0.3, 0.4) is 0 Å². The molecule has 0 aromatic heterocycles. The van der Waals surface area contributed by atoms with E-state index in [1.54, 1.807) is 0 Å². The number of hydrogen-bond donors (Lipinski definition) is 2. The third kappa shape index (κ3) is 7.14. The Bertz CT molecular complexity index is 432. The van der Waals surface area contributed by atoms with Gasteiger partial charge in [-0.15, -0.1) is 0 Å². The van der Waals surface area contributed by atoms with Crippen molar-refractivity contribution in [2.75, 3.05) is 13.2 Å². The molecule has 1 aromatic carbocycles. The maximum absolute atomic E-state index is 11.8. The number of ether oxygens (including phenoxy) is 1. The minimum atomic E-state index is -0.144. The number of aliphatic hydroxyl groups excluding tert-OH is 1. The van der Waals surface area contributed by atoms with Gasteiger partial charge < -0.3 is 15.2 Å². The van der Waals surface area contributed by atoms with Gasteiger partial charge in [0, 0.05) is 6.42 Å². The minimum Gasteiger partial charge on any atom is -0.493 e. The Hall–Kier alpha value is -1.55. The average molecular weight is 293 g/mol. The van der Waals surface area contributed by atoms with E-state index in [4.69, 9.17) is 4.74 Å². The molecule has 0 bridgehead atoms. The van der Waals surface area contributed by atoms with Crippen molar-refractivity contribution >= 4 is 5.91 Å². The van der Waals surface area contributed by atoms with E-state index in [-0.39, 0.29) is 18.6 Å². The number of aryl methyl sites for hydroxylation is 1. The maximum atomic E-state index is 11.8. The Morgan fingerprint density at radius 1 is 1.33 bits per heavy atom. The van der Waals surface area contributed by atoms with Crippen LogP contribution in [0, 0.1) is 12.8 Å².